The van der Waals surface area contributed by atoms with Gasteiger partial charge in [0.15, 0.2) is 5.82 Å². The van der Waals surface area contributed by atoms with Crippen molar-refractivity contribution in [3.8, 4) is 5.82 Å². The number of nitrogens with zero attached hydrogens (tertiary/aromatic N) is 4. The molecule has 0 bridgehead atoms. The van der Waals surface area contributed by atoms with E-state index in [1.54, 1.807) is 47.4 Å². The lowest BCUT2D eigenvalue weighted by Crippen LogP contribution is -2.10. The second-order valence-electron chi connectivity index (χ2n) is 4.59. The van der Waals surface area contributed by atoms with Crippen LogP contribution in [0.15, 0.2) is 61.2 Å². The maximum absolute atomic E-state index is 12.8. The summed E-state index contributed by atoms with van der Waals surface area (Å²) >= 11 is 0. The predicted molar refractivity (Wildman–Crippen MR) is 83.2 cm³/mol. The van der Waals surface area contributed by atoms with Crippen molar-refractivity contribution in [3.05, 3.63) is 72.6 Å². The molecule has 0 aliphatic heterocycles. The largest absolute Gasteiger partial charge is 0.307 e. The zero-order valence-electron chi connectivity index (χ0n) is 11.9. The van der Waals surface area contributed by atoms with Crippen LogP contribution in [-0.2, 0) is 4.79 Å². The normalized spacial score (nSPS) is 10.8. The molecule has 2 heterocycles. The number of halogens is 1. The van der Waals surface area contributed by atoms with Crippen molar-refractivity contribution in [1.29, 1.82) is 0 Å². The number of hydrogen-bond donors (Lipinski definition) is 1. The van der Waals surface area contributed by atoms with E-state index in [1.165, 1.54) is 24.5 Å². The highest BCUT2D eigenvalue weighted by Gasteiger charge is 2.03. The molecule has 7 heteroatoms. The second-order valence-corrected chi connectivity index (χ2v) is 4.59. The molecule has 1 amide bonds. The van der Waals surface area contributed by atoms with Gasteiger partial charge in [0.1, 0.15) is 18.0 Å². The van der Waals surface area contributed by atoms with E-state index in [2.05, 4.69) is 20.4 Å². The Morgan fingerprint density at radius 2 is 2.04 bits per heavy atom. The second kappa shape index (κ2) is 6.61. The first kappa shape index (κ1) is 14.6. The Labute approximate surface area is 131 Å². The van der Waals surface area contributed by atoms with E-state index in [-0.39, 0.29) is 11.7 Å². The standard InChI is InChI=1S/C16H12FN5O/c17-13-5-2-12(3-6-13)4-7-16(23)21-14-10-15(19-11-18-14)22-9-1-8-20-22/h1-11H,(H,18,19,21,23). The van der Waals surface area contributed by atoms with Gasteiger partial charge in [-0.15, -0.1) is 0 Å². The number of rotatable bonds is 4. The van der Waals surface area contributed by atoms with Crippen molar-refractivity contribution in [3.63, 3.8) is 0 Å². The number of benzene rings is 1. The molecule has 0 aliphatic carbocycles. The molecule has 0 fully saturated rings. The lowest BCUT2D eigenvalue weighted by atomic mass is 10.2. The third-order valence-electron chi connectivity index (χ3n) is 2.94. The molecule has 1 N–H and O–H groups in total. The zero-order chi connectivity index (χ0) is 16.1. The minimum Gasteiger partial charge on any atom is -0.307 e. The monoisotopic (exact) mass is 309 g/mol. The molecule has 0 saturated heterocycles. The smallest absolute Gasteiger partial charge is 0.249 e. The van der Waals surface area contributed by atoms with Crippen LogP contribution < -0.4 is 5.32 Å². The van der Waals surface area contributed by atoms with E-state index >= 15 is 0 Å². The maximum atomic E-state index is 12.8. The Hall–Kier alpha value is -3.35. The summed E-state index contributed by atoms with van der Waals surface area (Å²) in [6.07, 6.45) is 7.65. The third kappa shape index (κ3) is 3.85. The van der Waals surface area contributed by atoms with Crippen molar-refractivity contribution in [2.24, 2.45) is 0 Å². The highest BCUT2D eigenvalue weighted by Crippen LogP contribution is 2.09. The van der Waals surface area contributed by atoms with Crippen molar-refractivity contribution in [1.82, 2.24) is 19.7 Å². The molecule has 114 valence electrons. The van der Waals surface area contributed by atoms with Gasteiger partial charge in [-0.25, -0.2) is 19.0 Å². The Morgan fingerprint density at radius 3 is 2.78 bits per heavy atom. The van der Waals surface area contributed by atoms with E-state index in [1.807, 2.05) is 0 Å². The van der Waals surface area contributed by atoms with Crippen molar-refractivity contribution >= 4 is 17.8 Å². The van der Waals surface area contributed by atoms with Crippen molar-refractivity contribution < 1.29 is 9.18 Å². The summed E-state index contributed by atoms with van der Waals surface area (Å²) in [5, 5.41) is 6.69. The molecule has 0 radical (unpaired) electrons. The van der Waals surface area contributed by atoms with Crippen LogP contribution in [0, 0.1) is 5.82 Å². The molecule has 2 aromatic heterocycles. The maximum Gasteiger partial charge on any atom is 0.249 e. The molecule has 0 saturated carbocycles. The minimum atomic E-state index is -0.348. The molecule has 23 heavy (non-hydrogen) atoms. The van der Waals surface area contributed by atoms with Crippen LogP contribution in [0.1, 0.15) is 5.56 Å². The fourth-order valence-corrected chi connectivity index (χ4v) is 1.86. The molecule has 1 aromatic carbocycles. The first-order chi connectivity index (χ1) is 11.2. The molecule has 0 unspecified atom stereocenters. The van der Waals surface area contributed by atoms with Gasteiger partial charge in [-0.2, -0.15) is 5.10 Å². The minimum absolute atomic E-state index is 0.321. The SMILES string of the molecule is O=C(C=Cc1ccc(F)cc1)Nc1cc(-n2cccn2)ncn1. The first-order valence-corrected chi connectivity index (χ1v) is 6.77. The summed E-state index contributed by atoms with van der Waals surface area (Å²) < 4.78 is 14.4. The Bertz CT molecular complexity index is 828. The number of nitrogens with one attached hydrogen (secondary N) is 1. The van der Waals surface area contributed by atoms with E-state index in [9.17, 15) is 9.18 Å². The first-order valence-electron chi connectivity index (χ1n) is 6.77. The number of amides is 1. The number of anilines is 1. The van der Waals surface area contributed by atoms with Crippen molar-refractivity contribution in [2.75, 3.05) is 5.32 Å². The summed E-state index contributed by atoms with van der Waals surface area (Å²) in [7, 11) is 0. The summed E-state index contributed by atoms with van der Waals surface area (Å²) in [5.41, 5.74) is 0.724. The van der Waals surface area contributed by atoms with Gasteiger partial charge < -0.3 is 5.32 Å². The Morgan fingerprint density at radius 1 is 1.22 bits per heavy atom. The van der Waals surface area contributed by atoms with Gasteiger partial charge >= 0.3 is 0 Å². The van der Waals surface area contributed by atoms with E-state index < -0.39 is 0 Å². The van der Waals surface area contributed by atoms with Crippen molar-refractivity contribution in [2.45, 2.75) is 0 Å². The van der Waals surface area contributed by atoms with Crippen LogP contribution >= 0.6 is 0 Å². The molecular formula is C16H12FN5O. The lowest BCUT2D eigenvalue weighted by Gasteiger charge is -2.04. The number of hydrogen-bond acceptors (Lipinski definition) is 4. The van der Waals surface area contributed by atoms with Gasteiger partial charge in [0.25, 0.3) is 0 Å². The average Bonchev–Trinajstić information content (AvgIpc) is 3.09. The Kier molecular flexibility index (Phi) is 4.19. The van der Waals surface area contributed by atoms with E-state index in [4.69, 9.17) is 0 Å². The van der Waals surface area contributed by atoms with Crippen LogP contribution in [0.5, 0.6) is 0 Å². The van der Waals surface area contributed by atoms with Crippen LogP contribution in [-0.4, -0.2) is 25.7 Å². The molecule has 3 rings (SSSR count). The lowest BCUT2D eigenvalue weighted by molar-refractivity contribution is -0.111. The summed E-state index contributed by atoms with van der Waals surface area (Å²) in [6.45, 7) is 0. The number of aromatic nitrogens is 4. The highest BCUT2D eigenvalue weighted by molar-refractivity contribution is 6.01. The summed E-state index contributed by atoms with van der Waals surface area (Å²) in [5.74, 6) is 0.236. The average molecular weight is 309 g/mol. The molecule has 0 spiro atoms. The quantitative estimate of drug-likeness (QED) is 0.751. The molecule has 6 nitrogen and oxygen atoms in total. The Balaban J connectivity index is 1.68. The fraction of sp³-hybridized carbons (Fsp3) is 0. The van der Waals surface area contributed by atoms with Gasteiger partial charge in [-0.3, -0.25) is 4.79 Å². The number of carbonyl (C=O) groups is 1. The zero-order valence-corrected chi connectivity index (χ0v) is 11.9. The van der Waals surface area contributed by atoms with Gasteiger partial charge in [0.2, 0.25) is 5.91 Å². The van der Waals surface area contributed by atoms with Crippen LogP contribution in [0.4, 0.5) is 10.2 Å². The van der Waals surface area contributed by atoms with Gasteiger partial charge in [-0.1, -0.05) is 12.1 Å². The highest BCUT2D eigenvalue weighted by atomic mass is 19.1. The summed E-state index contributed by atoms with van der Waals surface area (Å²) in [6, 6.07) is 9.21. The molecule has 0 atom stereocenters. The van der Waals surface area contributed by atoms with Crippen LogP contribution in [0.3, 0.4) is 0 Å². The summed E-state index contributed by atoms with van der Waals surface area (Å²) in [4.78, 5) is 20.0. The molecular weight excluding hydrogens is 297 g/mol. The third-order valence-corrected chi connectivity index (χ3v) is 2.94. The van der Waals surface area contributed by atoms with Crippen LogP contribution in [0.2, 0.25) is 0 Å². The molecule has 0 aliphatic rings. The number of carbonyl (C=O) groups excluding carboxylic acids is 1. The van der Waals surface area contributed by atoms with Gasteiger partial charge in [-0.05, 0) is 29.8 Å². The topological polar surface area (TPSA) is 72.7 Å². The molecule has 3 aromatic rings. The van der Waals surface area contributed by atoms with E-state index in [0.717, 1.165) is 5.56 Å². The predicted octanol–water partition coefficient (Wildman–Crippen LogP) is 2.45. The van der Waals surface area contributed by atoms with Gasteiger partial charge in [0.05, 0.1) is 0 Å². The van der Waals surface area contributed by atoms with E-state index in [0.29, 0.717) is 11.6 Å². The fourth-order valence-electron chi connectivity index (χ4n) is 1.86. The van der Waals surface area contributed by atoms with Gasteiger partial charge in [0, 0.05) is 24.5 Å². The van der Waals surface area contributed by atoms with Crippen LogP contribution in [0.25, 0.3) is 11.9 Å².